The van der Waals surface area contributed by atoms with Crippen LogP contribution in [0.4, 0.5) is 13.2 Å². The Hall–Kier alpha value is -1.23. The first-order valence-corrected chi connectivity index (χ1v) is 4.73. The molecule has 0 aliphatic carbocycles. The van der Waals surface area contributed by atoms with Crippen molar-refractivity contribution in [3.63, 3.8) is 0 Å². The molecule has 1 unspecified atom stereocenters. The minimum atomic E-state index is -4.77. The van der Waals surface area contributed by atoms with Crippen LogP contribution in [0.2, 0.25) is 5.02 Å². The predicted octanol–water partition coefficient (Wildman–Crippen LogP) is 3.15. The van der Waals surface area contributed by atoms with E-state index in [1.807, 2.05) is 0 Å². The first kappa shape index (κ1) is 12.8. The molecule has 0 spiro atoms. The lowest BCUT2D eigenvalue weighted by Gasteiger charge is -2.16. The lowest BCUT2D eigenvalue weighted by Crippen LogP contribution is -2.32. The fraction of sp³-hybridized carbons (Fsp3) is 0.300. The maximum Gasteiger partial charge on any atom is 0.402 e. The van der Waals surface area contributed by atoms with Crippen LogP contribution in [0, 0.1) is 5.92 Å². The van der Waals surface area contributed by atoms with E-state index >= 15 is 0 Å². The monoisotopic (exact) mass is 252 g/mol. The minimum absolute atomic E-state index is 0.137. The number of hydrogen-bond acceptors (Lipinski definition) is 1. The van der Waals surface area contributed by atoms with Crippen molar-refractivity contribution in [2.24, 2.45) is 5.92 Å². The quantitative estimate of drug-likeness (QED) is 0.897. The van der Waals surface area contributed by atoms with Crippen molar-refractivity contribution >= 4 is 17.6 Å². The molecule has 0 aliphatic rings. The van der Waals surface area contributed by atoms with Crippen LogP contribution in [-0.2, 0) is 11.2 Å². The molecule has 1 N–H and O–H groups in total. The Morgan fingerprint density at radius 2 is 1.94 bits per heavy atom. The van der Waals surface area contributed by atoms with E-state index in [0.29, 0.717) is 0 Å². The number of halogens is 4. The third-order valence-electron chi connectivity index (χ3n) is 2.08. The molecule has 0 saturated heterocycles. The van der Waals surface area contributed by atoms with Gasteiger partial charge in [-0.3, -0.25) is 4.79 Å². The second kappa shape index (κ2) is 4.74. The summed E-state index contributed by atoms with van der Waals surface area (Å²) in [6, 6.07) is 5.88. The van der Waals surface area contributed by atoms with Gasteiger partial charge in [-0.2, -0.15) is 13.2 Å². The highest BCUT2D eigenvalue weighted by Crippen LogP contribution is 2.31. The number of carboxylic acids is 1. The maximum absolute atomic E-state index is 12.4. The van der Waals surface area contributed by atoms with Crippen LogP contribution >= 0.6 is 11.6 Å². The van der Waals surface area contributed by atoms with Gasteiger partial charge in [0.05, 0.1) is 0 Å². The van der Waals surface area contributed by atoms with Gasteiger partial charge in [-0.15, -0.1) is 0 Å². The number of alkyl halides is 3. The lowest BCUT2D eigenvalue weighted by atomic mass is 9.99. The van der Waals surface area contributed by atoms with Crippen molar-refractivity contribution in [2.45, 2.75) is 12.6 Å². The molecule has 0 heterocycles. The zero-order valence-electron chi connectivity index (χ0n) is 7.96. The van der Waals surface area contributed by atoms with Gasteiger partial charge in [-0.05, 0) is 18.1 Å². The van der Waals surface area contributed by atoms with E-state index in [2.05, 4.69) is 0 Å². The molecule has 0 fully saturated rings. The van der Waals surface area contributed by atoms with Gasteiger partial charge in [-0.1, -0.05) is 29.8 Å². The second-order valence-electron chi connectivity index (χ2n) is 3.23. The highest BCUT2D eigenvalue weighted by molar-refractivity contribution is 6.31. The van der Waals surface area contributed by atoms with Crippen molar-refractivity contribution in [3.05, 3.63) is 34.9 Å². The molecule has 16 heavy (non-hydrogen) atoms. The highest BCUT2D eigenvalue weighted by atomic mass is 35.5. The Kier molecular flexibility index (Phi) is 3.80. The zero-order chi connectivity index (χ0) is 12.3. The molecule has 88 valence electrons. The Balaban J connectivity index is 2.94. The van der Waals surface area contributed by atoms with Gasteiger partial charge in [0.15, 0.2) is 5.92 Å². The fourth-order valence-electron chi connectivity index (χ4n) is 1.23. The maximum atomic E-state index is 12.4. The van der Waals surface area contributed by atoms with Crippen molar-refractivity contribution in [3.8, 4) is 0 Å². The van der Waals surface area contributed by atoms with E-state index in [1.165, 1.54) is 18.2 Å². The van der Waals surface area contributed by atoms with Crippen LogP contribution < -0.4 is 0 Å². The lowest BCUT2D eigenvalue weighted by molar-refractivity contribution is -0.193. The number of aliphatic carboxylic acids is 1. The summed E-state index contributed by atoms with van der Waals surface area (Å²) in [5.74, 6) is -4.32. The molecule has 6 heteroatoms. The van der Waals surface area contributed by atoms with Crippen LogP contribution in [0.25, 0.3) is 0 Å². The SMILES string of the molecule is O=C(O)C(Cc1ccccc1Cl)C(F)(F)F. The van der Waals surface area contributed by atoms with Gasteiger partial charge in [0, 0.05) is 5.02 Å². The van der Waals surface area contributed by atoms with Crippen molar-refractivity contribution < 1.29 is 23.1 Å². The van der Waals surface area contributed by atoms with Crippen LogP contribution in [-0.4, -0.2) is 17.3 Å². The van der Waals surface area contributed by atoms with Gasteiger partial charge in [-0.25, -0.2) is 0 Å². The molecule has 1 aromatic rings. The van der Waals surface area contributed by atoms with Crippen LogP contribution in [0.3, 0.4) is 0 Å². The number of hydrogen-bond donors (Lipinski definition) is 1. The number of carbonyl (C=O) groups is 1. The molecule has 0 bridgehead atoms. The van der Waals surface area contributed by atoms with E-state index in [9.17, 15) is 18.0 Å². The molecule has 1 atom stereocenters. The fourth-order valence-corrected chi connectivity index (χ4v) is 1.44. The van der Waals surface area contributed by atoms with E-state index in [4.69, 9.17) is 16.7 Å². The average Bonchev–Trinajstić information content (AvgIpc) is 2.14. The predicted molar refractivity (Wildman–Crippen MR) is 52.3 cm³/mol. The van der Waals surface area contributed by atoms with Crippen LogP contribution in [0.15, 0.2) is 24.3 Å². The first-order chi connectivity index (χ1) is 7.32. The molecule has 0 radical (unpaired) electrons. The van der Waals surface area contributed by atoms with Crippen LogP contribution in [0.1, 0.15) is 5.56 Å². The Bertz CT molecular complexity index is 390. The minimum Gasteiger partial charge on any atom is -0.481 e. The average molecular weight is 253 g/mol. The number of benzene rings is 1. The molecule has 0 aliphatic heterocycles. The molecular weight excluding hydrogens is 245 g/mol. The van der Waals surface area contributed by atoms with Gasteiger partial charge in [0.1, 0.15) is 0 Å². The van der Waals surface area contributed by atoms with Crippen molar-refractivity contribution in [2.75, 3.05) is 0 Å². The summed E-state index contributed by atoms with van der Waals surface area (Å²) in [6.07, 6.45) is -5.43. The standard InChI is InChI=1S/C10H8ClF3O2/c11-8-4-2-1-3-6(8)5-7(9(15)16)10(12,13)14/h1-4,7H,5H2,(H,15,16). The van der Waals surface area contributed by atoms with Crippen molar-refractivity contribution in [1.29, 1.82) is 0 Å². The third kappa shape index (κ3) is 3.13. The molecular formula is C10H8ClF3O2. The topological polar surface area (TPSA) is 37.3 Å². The number of rotatable bonds is 3. The summed E-state index contributed by atoms with van der Waals surface area (Å²) in [6.45, 7) is 0. The summed E-state index contributed by atoms with van der Waals surface area (Å²) in [5.41, 5.74) is 0.175. The summed E-state index contributed by atoms with van der Waals surface area (Å²) in [4.78, 5) is 10.5. The van der Waals surface area contributed by atoms with Gasteiger partial charge in [0.25, 0.3) is 0 Å². The first-order valence-electron chi connectivity index (χ1n) is 4.35. The second-order valence-corrected chi connectivity index (χ2v) is 3.64. The van der Waals surface area contributed by atoms with Crippen LogP contribution in [0.5, 0.6) is 0 Å². The zero-order valence-corrected chi connectivity index (χ0v) is 8.72. The van der Waals surface area contributed by atoms with E-state index in [-0.39, 0.29) is 10.6 Å². The largest absolute Gasteiger partial charge is 0.481 e. The molecule has 0 saturated carbocycles. The molecule has 1 rings (SSSR count). The summed E-state index contributed by atoms with van der Waals surface area (Å²) >= 11 is 5.66. The molecule has 0 amide bonds. The summed E-state index contributed by atoms with van der Waals surface area (Å²) in [7, 11) is 0. The van der Waals surface area contributed by atoms with E-state index < -0.39 is 24.5 Å². The third-order valence-corrected chi connectivity index (χ3v) is 2.44. The van der Waals surface area contributed by atoms with Crippen molar-refractivity contribution in [1.82, 2.24) is 0 Å². The van der Waals surface area contributed by atoms with Gasteiger partial charge < -0.3 is 5.11 Å². The molecule has 0 aromatic heterocycles. The van der Waals surface area contributed by atoms with E-state index in [0.717, 1.165) is 0 Å². The number of carboxylic acid groups (broad SMARTS) is 1. The highest BCUT2D eigenvalue weighted by Gasteiger charge is 2.45. The summed E-state index contributed by atoms with van der Waals surface area (Å²) in [5, 5.41) is 8.64. The Labute approximate surface area is 94.6 Å². The normalized spacial score (nSPS) is 13.5. The Morgan fingerprint density at radius 3 is 2.38 bits per heavy atom. The van der Waals surface area contributed by atoms with Gasteiger partial charge in [0.2, 0.25) is 0 Å². The molecule has 2 nitrogen and oxygen atoms in total. The molecule has 1 aromatic carbocycles. The van der Waals surface area contributed by atoms with Gasteiger partial charge >= 0.3 is 12.1 Å². The summed E-state index contributed by atoms with van der Waals surface area (Å²) < 4.78 is 37.1. The smallest absolute Gasteiger partial charge is 0.402 e. The Morgan fingerprint density at radius 1 is 1.38 bits per heavy atom. The van der Waals surface area contributed by atoms with E-state index in [1.54, 1.807) is 6.07 Å².